The van der Waals surface area contributed by atoms with Gasteiger partial charge >= 0.3 is 0 Å². The highest BCUT2D eigenvalue weighted by molar-refractivity contribution is 5.95. The van der Waals surface area contributed by atoms with E-state index in [1.54, 1.807) is 0 Å². The van der Waals surface area contributed by atoms with Crippen molar-refractivity contribution in [2.45, 2.75) is 32.7 Å². The van der Waals surface area contributed by atoms with Gasteiger partial charge in [0, 0.05) is 30.4 Å². The Hall–Kier alpha value is -2.29. The van der Waals surface area contributed by atoms with Gasteiger partial charge in [-0.25, -0.2) is 0 Å². The van der Waals surface area contributed by atoms with Crippen LogP contribution in [-0.2, 0) is 0 Å². The number of para-hydroxylation sites is 1. The zero-order valence-electron chi connectivity index (χ0n) is 13.9. The zero-order chi connectivity index (χ0) is 16.2. The molecule has 0 bridgehead atoms. The summed E-state index contributed by atoms with van der Waals surface area (Å²) >= 11 is 0. The van der Waals surface area contributed by atoms with Crippen LogP contribution >= 0.6 is 0 Å². The van der Waals surface area contributed by atoms with Crippen LogP contribution in [-0.4, -0.2) is 29.9 Å². The molecule has 1 saturated heterocycles. The van der Waals surface area contributed by atoms with Crippen LogP contribution < -0.4 is 5.32 Å². The second kappa shape index (κ2) is 6.86. The number of carbonyl (C=O) groups is 1. The smallest absolute Gasteiger partial charge is 0.254 e. The molecule has 0 atom stereocenters. The number of aryl methyl sites for hydroxylation is 2. The number of amides is 1. The quantitative estimate of drug-likeness (QED) is 0.929. The number of nitrogens with zero attached hydrogens (tertiary/aromatic N) is 1. The Morgan fingerprint density at radius 3 is 2.43 bits per heavy atom. The largest absolute Gasteiger partial charge is 0.382 e. The summed E-state index contributed by atoms with van der Waals surface area (Å²) in [6.07, 6.45) is 1.98. The van der Waals surface area contributed by atoms with Crippen LogP contribution in [0.1, 0.15) is 34.3 Å². The summed E-state index contributed by atoms with van der Waals surface area (Å²) in [4.78, 5) is 14.7. The maximum atomic E-state index is 12.7. The van der Waals surface area contributed by atoms with Crippen molar-refractivity contribution in [1.82, 2.24) is 4.90 Å². The molecular weight excluding hydrogens is 284 g/mol. The van der Waals surface area contributed by atoms with E-state index in [-0.39, 0.29) is 5.91 Å². The Kier molecular flexibility index (Phi) is 4.65. The molecule has 0 aliphatic carbocycles. The molecule has 3 nitrogen and oxygen atoms in total. The van der Waals surface area contributed by atoms with Crippen LogP contribution in [0.25, 0.3) is 0 Å². The monoisotopic (exact) mass is 308 g/mol. The van der Waals surface area contributed by atoms with Gasteiger partial charge in [0.1, 0.15) is 0 Å². The normalized spacial score (nSPS) is 15.5. The van der Waals surface area contributed by atoms with Crippen LogP contribution in [0.5, 0.6) is 0 Å². The lowest BCUT2D eigenvalue weighted by Crippen LogP contribution is -2.42. The van der Waals surface area contributed by atoms with Crippen LogP contribution in [0.4, 0.5) is 5.69 Å². The average molecular weight is 308 g/mol. The molecule has 3 rings (SSSR count). The molecule has 2 aromatic rings. The van der Waals surface area contributed by atoms with Gasteiger partial charge in [-0.05, 0) is 50.5 Å². The van der Waals surface area contributed by atoms with Crippen molar-refractivity contribution in [2.24, 2.45) is 0 Å². The predicted octanol–water partition coefficient (Wildman–Crippen LogP) is 4.02. The van der Waals surface area contributed by atoms with Gasteiger partial charge in [-0.3, -0.25) is 4.79 Å². The number of carbonyl (C=O) groups excluding carboxylic acids is 1. The highest BCUT2D eigenvalue weighted by Crippen LogP contribution is 2.20. The molecule has 0 saturated carbocycles. The number of benzene rings is 2. The Morgan fingerprint density at radius 1 is 1.04 bits per heavy atom. The number of hydrogen-bond acceptors (Lipinski definition) is 2. The third-order valence-corrected chi connectivity index (χ3v) is 4.55. The summed E-state index contributed by atoms with van der Waals surface area (Å²) in [6.45, 7) is 5.68. The predicted molar refractivity (Wildman–Crippen MR) is 94.9 cm³/mol. The lowest BCUT2D eigenvalue weighted by atomic mass is 10.0. The van der Waals surface area contributed by atoms with Gasteiger partial charge in [-0.15, -0.1) is 0 Å². The first-order valence-electron chi connectivity index (χ1n) is 8.31. The molecule has 1 aliphatic heterocycles. The first kappa shape index (κ1) is 15.6. The molecule has 1 amide bonds. The molecule has 0 aromatic heterocycles. The number of anilines is 1. The Morgan fingerprint density at radius 2 is 1.74 bits per heavy atom. The highest BCUT2D eigenvalue weighted by Gasteiger charge is 2.24. The van der Waals surface area contributed by atoms with Gasteiger partial charge in [0.05, 0.1) is 0 Å². The average Bonchev–Trinajstić information content (AvgIpc) is 2.58. The summed E-state index contributed by atoms with van der Waals surface area (Å²) in [6, 6.07) is 16.8. The lowest BCUT2D eigenvalue weighted by Gasteiger charge is -2.33. The number of rotatable bonds is 3. The van der Waals surface area contributed by atoms with E-state index < -0.39 is 0 Å². The summed E-state index contributed by atoms with van der Waals surface area (Å²) in [5.74, 6) is 0.171. The number of nitrogens with one attached hydrogen (secondary N) is 1. The van der Waals surface area contributed by atoms with Crippen LogP contribution in [0.15, 0.2) is 48.5 Å². The Bertz CT molecular complexity index is 673. The van der Waals surface area contributed by atoms with Crippen molar-refractivity contribution in [3.63, 3.8) is 0 Å². The number of likely N-dealkylation sites (tertiary alicyclic amines) is 1. The van der Waals surface area contributed by atoms with Gasteiger partial charge in [-0.2, -0.15) is 0 Å². The molecule has 1 heterocycles. The molecule has 2 aromatic carbocycles. The summed E-state index contributed by atoms with van der Waals surface area (Å²) < 4.78 is 0. The standard InChI is InChI=1S/C20H24N2O/c1-15-8-9-16(2)19(14-15)20(23)22-12-10-18(11-13-22)21-17-6-4-3-5-7-17/h3-9,14,18,21H,10-13H2,1-2H3. The fraction of sp³-hybridized carbons (Fsp3) is 0.350. The van der Waals surface area contributed by atoms with E-state index in [0.29, 0.717) is 6.04 Å². The molecule has 0 spiro atoms. The first-order valence-corrected chi connectivity index (χ1v) is 8.31. The van der Waals surface area contributed by atoms with Gasteiger partial charge in [0.2, 0.25) is 0 Å². The molecular formula is C20H24N2O. The van der Waals surface area contributed by atoms with Gasteiger partial charge in [0.25, 0.3) is 5.91 Å². The molecule has 0 unspecified atom stereocenters. The second-order valence-corrected chi connectivity index (χ2v) is 6.40. The van der Waals surface area contributed by atoms with Crippen LogP contribution in [0.2, 0.25) is 0 Å². The molecule has 1 aliphatic rings. The van der Waals surface area contributed by atoms with Crippen molar-refractivity contribution in [1.29, 1.82) is 0 Å². The third-order valence-electron chi connectivity index (χ3n) is 4.55. The molecule has 23 heavy (non-hydrogen) atoms. The third kappa shape index (κ3) is 3.73. The highest BCUT2D eigenvalue weighted by atomic mass is 16.2. The fourth-order valence-corrected chi connectivity index (χ4v) is 3.13. The van der Waals surface area contributed by atoms with Gasteiger partial charge < -0.3 is 10.2 Å². The number of hydrogen-bond donors (Lipinski definition) is 1. The Balaban J connectivity index is 1.60. The summed E-state index contributed by atoms with van der Waals surface area (Å²) in [7, 11) is 0. The molecule has 0 radical (unpaired) electrons. The van der Waals surface area contributed by atoms with Crippen LogP contribution in [0, 0.1) is 13.8 Å². The van der Waals surface area contributed by atoms with Crippen LogP contribution in [0.3, 0.4) is 0 Å². The van der Waals surface area contributed by atoms with Crippen molar-refractivity contribution in [2.75, 3.05) is 18.4 Å². The second-order valence-electron chi connectivity index (χ2n) is 6.40. The minimum absolute atomic E-state index is 0.171. The lowest BCUT2D eigenvalue weighted by molar-refractivity contribution is 0.0717. The zero-order valence-corrected chi connectivity index (χ0v) is 13.9. The Labute approximate surface area is 138 Å². The minimum atomic E-state index is 0.171. The van der Waals surface area contributed by atoms with Gasteiger partial charge in [0.15, 0.2) is 0 Å². The van der Waals surface area contributed by atoms with Crippen molar-refractivity contribution >= 4 is 11.6 Å². The van der Waals surface area contributed by atoms with E-state index in [9.17, 15) is 4.79 Å². The van der Waals surface area contributed by atoms with Gasteiger partial charge in [-0.1, -0.05) is 35.9 Å². The topological polar surface area (TPSA) is 32.3 Å². The number of piperidine rings is 1. The molecule has 3 heteroatoms. The fourth-order valence-electron chi connectivity index (χ4n) is 3.13. The van der Waals surface area contributed by atoms with E-state index in [4.69, 9.17) is 0 Å². The minimum Gasteiger partial charge on any atom is -0.382 e. The molecule has 120 valence electrons. The maximum Gasteiger partial charge on any atom is 0.254 e. The van der Waals surface area contributed by atoms with Crippen molar-refractivity contribution in [3.05, 3.63) is 65.2 Å². The first-order chi connectivity index (χ1) is 11.1. The van der Waals surface area contributed by atoms with E-state index in [2.05, 4.69) is 23.5 Å². The summed E-state index contributed by atoms with van der Waals surface area (Å²) in [5, 5.41) is 3.56. The van der Waals surface area contributed by atoms with E-state index in [1.165, 1.54) is 0 Å². The molecule has 1 fully saturated rings. The van der Waals surface area contributed by atoms with Crippen molar-refractivity contribution < 1.29 is 4.79 Å². The van der Waals surface area contributed by atoms with E-state index in [1.807, 2.05) is 49.1 Å². The SMILES string of the molecule is Cc1ccc(C)c(C(=O)N2CCC(Nc3ccccc3)CC2)c1. The summed E-state index contributed by atoms with van der Waals surface area (Å²) in [5.41, 5.74) is 4.20. The molecule has 1 N–H and O–H groups in total. The van der Waals surface area contributed by atoms with E-state index in [0.717, 1.165) is 48.3 Å². The van der Waals surface area contributed by atoms with Crippen molar-refractivity contribution in [3.8, 4) is 0 Å². The van der Waals surface area contributed by atoms with E-state index >= 15 is 0 Å². The maximum absolute atomic E-state index is 12.7.